The largest absolute Gasteiger partial charge is 0.356 e. The van der Waals surface area contributed by atoms with Crippen LogP contribution < -0.4 is 0 Å². The Labute approximate surface area is 111 Å². The van der Waals surface area contributed by atoms with Gasteiger partial charge in [-0.25, -0.2) is 4.68 Å². The van der Waals surface area contributed by atoms with E-state index in [4.69, 9.17) is 9.84 Å². The predicted octanol–water partition coefficient (Wildman–Crippen LogP) is 4.14. The molecule has 2 aromatic rings. The molecule has 0 bridgehead atoms. The zero-order valence-electron chi connectivity index (χ0n) is 10.9. The maximum atomic E-state index is 5.86. The number of fused-ring (bicyclic) bond motifs is 1. The van der Waals surface area contributed by atoms with Gasteiger partial charge in [-0.15, -0.1) is 11.3 Å². The summed E-state index contributed by atoms with van der Waals surface area (Å²) in [5.74, 6) is 0. The summed E-state index contributed by atoms with van der Waals surface area (Å²) in [6.07, 6.45) is 3.51. The van der Waals surface area contributed by atoms with Gasteiger partial charge in [0.15, 0.2) is 6.23 Å². The Bertz CT molecular complexity index is 590. The van der Waals surface area contributed by atoms with Crippen molar-refractivity contribution in [2.24, 2.45) is 0 Å². The molecule has 0 amide bonds. The Morgan fingerprint density at radius 3 is 3.06 bits per heavy atom. The number of ether oxygens (including phenoxy) is 1. The average Bonchev–Trinajstić information content (AvgIpc) is 2.91. The second-order valence-corrected chi connectivity index (χ2v) is 5.87. The first-order valence-corrected chi connectivity index (χ1v) is 7.30. The third-order valence-electron chi connectivity index (χ3n) is 3.43. The minimum absolute atomic E-state index is 0.0875. The van der Waals surface area contributed by atoms with Crippen molar-refractivity contribution in [1.29, 1.82) is 0 Å². The molecule has 3 rings (SSSR count). The fraction of sp³-hybridized carbons (Fsp3) is 0.500. The highest BCUT2D eigenvalue weighted by molar-refractivity contribution is 7.17. The Morgan fingerprint density at radius 1 is 1.56 bits per heavy atom. The van der Waals surface area contributed by atoms with Crippen LogP contribution in [-0.4, -0.2) is 16.4 Å². The molecule has 1 atom stereocenters. The van der Waals surface area contributed by atoms with Crippen LogP contribution in [0.25, 0.3) is 15.8 Å². The number of thiophene rings is 1. The van der Waals surface area contributed by atoms with E-state index in [-0.39, 0.29) is 6.23 Å². The Balaban J connectivity index is 2.14. The fourth-order valence-corrected chi connectivity index (χ4v) is 3.61. The van der Waals surface area contributed by atoms with Gasteiger partial charge >= 0.3 is 0 Å². The van der Waals surface area contributed by atoms with E-state index < -0.39 is 0 Å². The number of aromatic nitrogens is 2. The summed E-state index contributed by atoms with van der Waals surface area (Å²) in [6, 6.07) is 0. The van der Waals surface area contributed by atoms with Gasteiger partial charge < -0.3 is 4.74 Å². The molecule has 0 saturated carbocycles. The first kappa shape index (κ1) is 11.9. The highest BCUT2D eigenvalue weighted by Gasteiger charge is 2.23. The Morgan fingerprint density at radius 2 is 2.39 bits per heavy atom. The van der Waals surface area contributed by atoms with Crippen molar-refractivity contribution in [2.45, 2.75) is 39.3 Å². The molecular weight excluding hydrogens is 244 g/mol. The van der Waals surface area contributed by atoms with Crippen molar-refractivity contribution in [3.63, 3.8) is 0 Å². The molecule has 4 heteroatoms. The van der Waals surface area contributed by atoms with Gasteiger partial charge in [-0.2, -0.15) is 5.10 Å². The summed E-state index contributed by atoms with van der Waals surface area (Å²) >= 11 is 1.75. The number of rotatable bonds is 2. The molecule has 0 radical (unpaired) electrons. The molecule has 1 unspecified atom stereocenters. The average molecular weight is 262 g/mol. The smallest absolute Gasteiger partial charge is 0.150 e. The highest BCUT2D eigenvalue weighted by Crippen LogP contribution is 2.35. The van der Waals surface area contributed by atoms with Gasteiger partial charge in [0.05, 0.1) is 10.4 Å². The molecule has 1 aliphatic rings. The zero-order valence-corrected chi connectivity index (χ0v) is 11.7. The van der Waals surface area contributed by atoms with Gasteiger partial charge in [0.2, 0.25) is 0 Å². The van der Waals surface area contributed by atoms with E-state index in [1.807, 2.05) is 6.92 Å². The van der Waals surface area contributed by atoms with Crippen molar-refractivity contribution in [1.82, 2.24) is 9.78 Å². The van der Waals surface area contributed by atoms with E-state index in [1.165, 1.54) is 16.7 Å². The maximum Gasteiger partial charge on any atom is 0.150 e. The van der Waals surface area contributed by atoms with E-state index in [2.05, 4.69) is 23.6 Å². The van der Waals surface area contributed by atoms with Crippen molar-refractivity contribution >= 4 is 27.1 Å². The topological polar surface area (TPSA) is 27.1 Å². The molecule has 96 valence electrons. The summed E-state index contributed by atoms with van der Waals surface area (Å²) in [4.78, 5) is 0. The normalized spacial score (nSPS) is 20.4. The molecule has 1 aliphatic heterocycles. The standard InChI is InChI=1S/C14H18N2OS/c1-9(2)13-14-12(10(3)8-18-14)15-16(13)11-6-4-5-7-17-11/h8,11H,1,4-7H2,2-3H3. The molecule has 18 heavy (non-hydrogen) atoms. The lowest BCUT2D eigenvalue weighted by molar-refractivity contribution is -0.0395. The summed E-state index contributed by atoms with van der Waals surface area (Å²) in [5, 5.41) is 6.92. The number of allylic oxidation sites excluding steroid dienone is 1. The maximum absolute atomic E-state index is 5.86. The quantitative estimate of drug-likeness (QED) is 0.813. The monoisotopic (exact) mass is 262 g/mol. The van der Waals surface area contributed by atoms with Crippen molar-refractivity contribution in [2.75, 3.05) is 6.61 Å². The van der Waals surface area contributed by atoms with Crippen LogP contribution in [0.4, 0.5) is 0 Å². The van der Waals surface area contributed by atoms with Crippen LogP contribution in [-0.2, 0) is 4.74 Å². The van der Waals surface area contributed by atoms with Crippen molar-refractivity contribution < 1.29 is 4.74 Å². The van der Waals surface area contributed by atoms with E-state index in [1.54, 1.807) is 11.3 Å². The molecule has 3 heterocycles. The van der Waals surface area contributed by atoms with Gasteiger partial charge in [0, 0.05) is 6.61 Å². The lowest BCUT2D eigenvalue weighted by Gasteiger charge is -2.24. The van der Waals surface area contributed by atoms with Crippen LogP contribution in [0.15, 0.2) is 12.0 Å². The van der Waals surface area contributed by atoms with Crippen LogP contribution in [0.5, 0.6) is 0 Å². The SMILES string of the molecule is C=C(C)c1c2scc(C)c2nn1C1CCCCO1. The molecule has 3 nitrogen and oxygen atoms in total. The summed E-state index contributed by atoms with van der Waals surface area (Å²) in [6.45, 7) is 9.10. The first-order chi connectivity index (χ1) is 8.68. The van der Waals surface area contributed by atoms with Gasteiger partial charge in [-0.1, -0.05) is 6.58 Å². The van der Waals surface area contributed by atoms with Gasteiger partial charge in [0.25, 0.3) is 0 Å². The van der Waals surface area contributed by atoms with Crippen LogP contribution in [0, 0.1) is 6.92 Å². The van der Waals surface area contributed by atoms with Gasteiger partial charge in [0.1, 0.15) is 5.52 Å². The summed E-state index contributed by atoms with van der Waals surface area (Å²) in [7, 11) is 0. The lowest BCUT2D eigenvalue weighted by atomic mass is 10.1. The third-order valence-corrected chi connectivity index (χ3v) is 4.52. The van der Waals surface area contributed by atoms with Gasteiger partial charge in [-0.3, -0.25) is 0 Å². The third kappa shape index (κ3) is 1.80. The molecular formula is C14H18N2OS. The first-order valence-electron chi connectivity index (χ1n) is 6.42. The molecule has 0 N–H and O–H groups in total. The molecule has 0 aromatic carbocycles. The highest BCUT2D eigenvalue weighted by atomic mass is 32.1. The molecule has 1 fully saturated rings. The van der Waals surface area contributed by atoms with Crippen LogP contribution in [0.3, 0.4) is 0 Å². The van der Waals surface area contributed by atoms with E-state index in [0.29, 0.717) is 0 Å². The minimum atomic E-state index is 0.0875. The molecule has 0 aliphatic carbocycles. The fourth-order valence-electron chi connectivity index (χ4n) is 2.51. The molecule has 2 aromatic heterocycles. The van der Waals surface area contributed by atoms with E-state index in [0.717, 1.165) is 36.2 Å². The van der Waals surface area contributed by atoms with E-state index >= 15 is 0 Å². The van der Waals surface area contributed by atoms with Crippen LogP contribution >= 0.6 is 11.3 Å². The lowest BCUT2D eigenvalue weighted by Crippen LogP contribution is -2.20. The summed E-state index contributed by atoms with van der Waals surface area (Å²) < 4.78 is 9.15. The minimum Gasteiger partial charge on any atom is -0.356 e. The van der Waals surface area contributed by atoms with E-state index in [9.17, 15) is 0 Å². The van der Waals surface area contributed by atoms with Crippen molar-refractivity contribution in [3.05, 3.63) is 23.2 Å². The number of aryl methyl sites for hydroxylation is 1. The predicted molar refractivity (Wildman–Crippen MR) is 75.9 cm³/mol. The van der Waals surface area contributed by atoms with Crippen LogP contribution in [0.2, 0.25) is 0 Å². The number of hydrogen-bond acceptors (Lipinski definition) is 3. The Hall–Kier alpha value is -1.13. The number of hydrogen-bond donors (Lipinski definition) is 0. The Kier molecular flexibility index (Phi) is 2.99. The van der Waals surface area contributed by atoms with Crippen molar-refractivity contribution in [3.8, 4) is 0 Å². The summed E-state index contributed by atoms with van der Waals surface area (Å²) in [5.41, 5.74) is 4.56. The van der Waals surface area contributed by atoms with Crippen LogP contribution in [0.1, 0.15) is 43.7 Å². The second-order valence-electron chi connectivity index (χ2n) is 4.99. The second kappa shape index (κ2) is 4.52. The zero-order chi connectivity index (χ0) is 12.7. The van der Waals surface area contributed by atoms with Gasteiger partial charge in [-0.05, 0) is 49.6 Å². The number of nitrogens with zero attached hydrogens (tertiary/aromatic N) is 2. The molecule has 1 saturated heterocycles. The molecule has 0 spiro atoms.